The minimum absolute atomic E-state index is 0.219. The van der Waals surface area contributed by atoms with E-state index in [1.807, 2.05) is 51.1 Å². The number of nitrogens with one attached hydrogen (secondary N) is 1. The lowest BCUT2D eigenvalue weighted by atomic mass is 10.1. The van der Waals surface area contributed by atoms with Gasteiger partial charge in [-0.1, -0.05) is 62.7 Å². The first kappa shape index (κ1) is 29.5. The molecule has 0 radical (unpaired) electrons. The predicted octanol–water partition coefficient (Wildman–Crippen LogP) is 3.74. The van der Waals surface area contributed by atoms with E-state index in [0.717, 1.165) is 16.1 Å². The number of hydrogen-bond donors (Lipinski definition) is 1. The minimum atomic E-state index is -3.84. The molecule has 8 nitrogen and oxygen atoms in total. The van der Waals surface area contributed by atoms with Crippen molar-refractivity contribution in [2.45, 2.75) is 39.7 Å². The zero-order valence-electron chi connectivity index (χ0n) is 21.5. The quantitative estimate of drug-likeness (QED) is 0.420. The lowest BCUT2D eigenvalue weighted by Crippen LogP contribution is -2.53. The molecule has 2 rings (SSSR count). The second-order valence-electron chi connectivity index (χ2n) is 8.97. The van der Waals surface area contributed by atoms with Gasteiger partial charge in [0, 0.05) is 13.1 Å². The van der Waals surface area contributed by atoms with Gasteiger partial charge in [0.1, 0.15) is 18.3 Å². The Morgan fingerprint density at radius 3 is 2.31 bits per heavy atom. The minimum Gasteiger partial charge on any atom is -0.495 e. The summed E-state index contributed by atoms with van der Waals surface area (Å²) >= 11 is 6.22. The zero-order chi connectivity index (χ0) is 26.9. The number of methoxy groups -OCH3 is 1. The van der Waals surface area contributed by atoms with Crippen molar-refractivity contribution in [1.82, 2.24) is 10.2 Å². The summed E-state index contributed by atoms with van der Waals surface area (Å²) < 4.78 is 31.5. The molecule has 2 amide bonds. The van der Waals surface area contributed by atoms with Crippen molar-refractivity contribution in [3.8, 4) is 5.75 Å². The Hall–Kier alpha value is -2.78. The van der Waals surface area contributed by atoms with E-state index in [-0.39, 0.29) is 29.1 Å². The van der Waals surface area contributed by atoms with Crippen molar-refractivity contribution in [3.63, 3.8) is 0 Å². The fraction of sp³-hybridized carbons (Fsp3) is 0.462. The summed E-state index contributed by atoms with van der Waals surface area (Å²) in [4.78, 5) is 28.1. The van der Waals surface area contributed by atoms with Gasteiger partial charge in [0.15, 0.2) is 0 Å². The number of ether oxygens (including phenoxy) is 1. The monoisotopic (exact) mass is 537 g/mol. The van der Waals surface area contributed by atoms with E-state index in [4.69, 9.17) is 16.3 Å². The molecule has 10 heteroatoms. The van der Waals surface area contributed by atoms with Crippen LogP contribution in [0.3, 0.4) is 0 Å². The molecule has 0 heterocycles. The number of carbonyl (C=O) groups is 2. The number of anilines is 1. The van der Waals surface area contributed by atoms with E-state index in [1.54, 1.807) is 6.07 Å². The Bertz CT molecular complexity index is 1130. The van der Waals surface area contributed by atoms with Gasteiger partial charge in [0.2, 0.25) is 21.8 Å². The van der Waals surface area contributed by atoms with Crippen molar-refractivity contribution in [2.75, 3.05) is 37.3 Å². The second kappa shape index (κ2) is 13.5. The standard InChI is InChI=1S/C26H36ClN3O5S/c1-6-23(26(32)28-17-19(2)3)29(15-14-20-10-8-7-9-11-20)25(31)18-30(36(5,33)34)21-12-13-24(35-4)22(27)16-21/h7-13,16,19,23H,6,14-15,17-18H2,1-5H3,(H,28,32). The maximum Gasteiger partial charge on any atom is 0.244 e. The third-order valence-corrected chi connectivity index (χ3v) is 7.09. The molecule has 0 fully saturated rings. The van der Waals surface area contributed by atoms with Gasteiger partial charge in [-0.25, -0.2) is 8.42 Å². The molecule has 0 bridgehead atoms. The van der Waals surface area contributed by atoms with Gasteiger partial charge >= 0.3 is 0 Å². The van der Waals surface area contributed by atoms with Crippen LogP contribution in [0.4, 0.5) is 5.69 Å². The van der Waals surface area contributed by atoms with Crippen LogP contribution >= 0.6 is 11.6 Å². The molecule has 1 N–H and O–H groups in total. The summed E-state index contributed by atoms with van der Waals surface area (Å²) in [6.45, 7) is 6.09. The fourth-order valence-corrected chi connectivity index (χ4v) is 4.84. The first-order valence-electron chi connectivity index (χ1n) is 11.9. The van der Waals surface area contributed by atoms with E-state index >= 15 is 0 Å². The lowest BCUT2D eigenvalue weighted by molar-refractivity contribution is -0.139. The van der Waals surface area contributed by atoms with E-state index < -0.39 is 28.5 Å². The van der Waals surface area contributed by atoms with Crippen LogP contribution in [0.5, 0.6) is 5.75 Å². The van der Waals surface area contributed by atoms with Gasteiger partial charge < -0.3 is 15.0 Å². The molecular formula is C26H36ClN3O5S. The largest absolute Gasteiger partial charge is 0.495 e. The van der Waals surface area contributed by atoms with Gasteiger partial charge in [0.25, 0.3) is 0 Å². The molecule has 1 unspecified atom stereocenters. The third-order valence-electron chi connectivity index (χ3n) is 5.66. The van der Waals surface area contributed by atoms with Crippen molar-refractivity contribution in [3.05, 3.63) is 59.1 Å². The van der Waals surface area contributed by atoms with Crippen LogP contribution in [-0.4, -0.2) is 64.2 Å². The topological polar surface area (TPSA) is 96.0 Å². The summed E-state index contributed by atoms with van der Waals surface area (Å²) in [5.41, 5.74) is 1.24. The van der Waals surface area contributed by atoms with Gasteiger partial charge in [-0.2, -0.15) is 0 Å². The number of nitrogens with zero attached hydrogens (tertiary/aromatic N) is 2. The maximum atomic E-state index is 13.6. The van der Waals surface area contributed by atoms with E-state index in [0.29, 0.717) is 25.1 Å². The Labute approximate surface area is 219 Å². The average Bonchev–Trinajstić information content (AvgIpc) is 2.83. The van der Waals surface area contributed by atoms with Crippen molar-refractivity contribution < 1.29 is 22.7 Å². The van der Waals surface area contributed by atoms with Crippen LogP contribution in [0.25, 0.3) is 0 Å². The first-order valence-corrected chi connectivity index (χ1v) is 14.1. The van der Waals surface area contributed by atoms with Gasteiger partial charge in [-0.15, -0.1) is 0 Å². The molecule has 0 spiro atoms. The fourth-order valence-electron chi connectivity index (χ4n) is 3.74. The SMILES string of the molecule is CCC(C(=O)NCC(C)C)N(CCc1ccccc1)C(=O)CN(c1ccc(OC)c(Cl)c1)S(C)(=O)=O. The normalized spacial score (nSPS) is 12.2. The highest BCUT2D eigenvalue weighted by atomic mass is 35.5. The third kappa shape index (κ3) is 8.41. The number of sulfonamides is 1. The molecule has 36 heavy (non-hydrogen) atoms. The van der Waals surface area contributed by atoms with Gasteiger partial charge in [-0.3, -0.25) is 13.9 Å². The van der Waals surface area contributed by atoms with Crippen LogP contribution in [0.15, 0.2) is 48.5 Å². The summed E-state index contributed by atoms with van der Waals surface area (Å²) in [5.74, 6) is -0.0983. The Kier molecular flexibility index (Phi) is 11.0. The molecule has 0 saturated carbocycles. The molecule has 0 aliphatic carbocycles. The highest BCUT2D eigenvalue weighted by Crippen LogP contribution is 2.30. The van der Waals surface area contributed by atoms with Gasteiger partial charge in [0.05, 0.1) is 24.1 Å². The number of rotatable bonds is 13. The number of benzene rings is 2. The van der Waals surface area contributed by atoms with Crippen LogP contribution in [0.1, 0.15) is 32.8 Å². The summed E-state index contributed by atoms with van der Waals surface area (Å²) in [5, 5.41) is 3.13. The van der Waals surface area contributed by atoms with E-state index in [2.05, 4.69) is 5.32 Å². The molecule has 2 aromatic rings. The molecule has 1 atom stereocenters. The summed E-state index contributed by atoms with van der Waals surface area (Å²) in [7, 11) is -2.38. The smallest absolute Gasteiger partial charge is 0.244 e. The first-order chi connectivity index (χ1) is 17.0. The number of amides is 2. The van der Waals surface area contributed by atoms with Crippen LogP contribution < -0.4 is 14.4 Å². The second-order valence-corrected chi connectivity index (χ2v) is 11.3. The molecular weight excluding hydrogens is 502 g/mol. The van der Waals surface area contributed by atoms with Crippen molar-refractivity contribution in [2.24, 2.45) is 5.92 Å². The highest BCUT2D eigenvalue weighted by molar-refractivity contribution is 7.92. The molecule has 198 valence electrons. The number of halogens is 1. The zero-order valence-corrected chi connectivity index (χ0v) is 23.1. The predicted molar refractivity (Wildman–Crippen MR) is 144 cm³/mol. The summed E-state index contributed by atoms with van der Waals surface area (Å²) in [6, 6.07) is 13.4. The van der Waals surface area contributed by atoms with Crippen LogP contribution in [-0.2, 0) is 26.0 Å². The Morgan fingerprint density at radius 2 is 1.78 bits per heavy atom. The van der Waals surface area contributed by atoms with E-state index in [1.165, 1.54) is 24.1 Å². The Morgan fingerprint density at radius 1 is 1.11 bits per heavy atom. The molecule has 0 saturated heterocycles. The Balaban J connectivity index is 2.37. The number of hydrogen-bond acceptors (Lipinski definition) is 5. The molecule has 0 aliphatic heterocycles. The average molecular weight is 538 g/mol. The van der Waals surface area contributed by atoms with Crippen molar-refractivity contribution in [1.29, 1.82) is 0 Å². The number of carbonyl (C=O) groups excluding carboxylic acids is 2. The lowest BCUT2D eigenvalue weighted by Gasteiger charge is -2.33. The van der Waals surface area contributed by atoms with Crippen LogP contribution in [0, 0.1) is 5.92 Å². The highest BCUT2D eigenvalue weighted by Gasteiger charge is 2.31. The molecule has 0 aliphatic rings. The van der Waals surface area contributed by atoms with Gasteiger partial charge in [-0.05, 0) is 42.5 Å². The molecule has 2 aromatic carbocycles. The summed E-state index contributed by atoms with van der Waals surface area (Å²) in [6.07, 6.45) is 1.94. The van der Waals surface area contributed by atoms with Crippen molar-refractivity contribution >= 4 is 39.1 Å². The maximum absolute atomic E-state index is 13.6. The van der Waals surface area contributed by atoms with E-state index in [9.17, 15) is 18.0 Å². The van der Waals surface area contributed by atoms with Crippen LogP contribution in [0.2, 0.25) is 5.02 Å². The molecule has 0 aromatic heterocycles.